The van der Waals surface area contributed by atoms with Gasteiger partial charge in [-0.25, -0.2) is 8.42 Å². The summed E-state index contributed by atoms with van der Waals surface area (Å²) in [7, 11) is -3.00. The molecule has 1 unspecified atom stereocenters. The van der Waals surface area contributed by atoms with E-state index in [1.807, 2.05) is 17.5 Å². The lowest BCUT2D eigenvalue weighted by Crippen LogP contribution is -2.46. The van der Waals surface area contributed by atoms with Crippen molar-refractivity contribution in [2.24, 2.45) is 0 Å². The fourth-order valence-electron chi connectivity index (χ4n) is 4.50. The molecule has 30 heavy (non-hydrogen) atoms. The predicted octanol–water partition coefficient (Wildman–Crippen LogP) is 2.96. The molecule has 0 N–H and O–H groups in total. The Balaban J connectivity index is 1.40. The molecule has 4 heterocycles. The minimum absolute atomic E-state index is 0.0842. The van der Waals surface area contributed by atoms with Gasteiger partial charge in [0.25, 0.3) is 0 Å². The first kappa shape index (κ1) is 21.9. The van der Waals surface area contributed by atoms with Crippen LogP contribution in [0.3, 0.4) is 0 Å². The van der Waals surface area contributed by atoms with Crippen molar-refractivity contribution in [1.82, 2.24) is 19.9 Å². The normalized spacial score (nSPS) is 21.8. The molecule has 0 aromatic carbocycles. The molecule has 0 amide bonds. The van der Waals surface area contributed by atoms with Crippen LogP contribution in [-0.4, -0.2) is 60.0 Å². The average molecular weight is 453 g/mol. The Morgan fingerprint density at radius 2 is 2.07 bits per heavy atom. The van der Waals surface area contributed by atoms with E-state index in [-0.39, 0.29) is 11.4 Å². The molecule has 0 bridgehead atoms. The van der Waals surface area contributed by atoms with Gasteiger partial charge < -0.3 is 4.74 Å². The molecule has 2 aromatic rings. The Morgan fingerprint density at radius 3 is 2.73 bits per heavy atom. The molecule has 2 aliphatic heterocycles. The van der Waals surface area contributed by atoms with Crippen molar-refractivity contribution in [3.05, 3.63) is 33.3 Å². The number of nitrogens with zero attached hydrogens (tertiary/aromatic N) is 4. The minimum Gasteiger partial charge on any atom is -0.369 e. The van der Waals surface area contributed by atoms with Crippen molar-refractivity contribution in [3.8, 4) is 0 Å². The predicted molar refractivity (Wildman–Crippen MR) is 119 cm³/mol. The third-order valence-corrected chi connectivity index (χ3v) is 8.77. The number of thiophene rings is 1. The number of fused-ring (bicyclic) bond motifs is 2. The summed E-state index contributed by atoms with van der Waals surface area (Å²) in [6, 6.07) is 2.41. The molecule has 1 atom stereocenters. The second kappa shape index (κ2) is 8.68. The average Bonchev–Trinajstić information content (AvgIpc) is 3.36. The summed E-state index contributed by atoms with van der Waals surface area (Å²) >= 11 is 1.99. The molecule has 166 valence electrons. The molecular formula is C21H32N4O3S2. The lowest BCUT2D eigenvalue weighted by atomic mass is 9.79. The van der Waals surface area contributed by atoms with E-state index in [1.54, 1.807) is 9.56 Å². The summed E-state index contributed by atoms with van der Waals surface area (Å²) in [5.41, 5.74) is 2.21. The molecule has 0 radical (unpaired) electrons. The van der Waals surface area contributed by atoms with E-state index in [4.69, 9.17) is 4.74 Å². The maximum absolute atomic E-state index is 11.3. The van der Waals surface area contributed by atoms with Gasteiger partial charge in [0.15, 0.2) is 0 Å². The highest BCUT2D eigenvalue weighted by molar-refractivity contribution is 7.90. The van der Waals surface area contributed by atoms with Crippen molar-refractivity contribution in [3.63, 3.8) is 0 Å². The van der Waals surface area contributed by atoms with Crippen LogP contribution < -0.4 is 0 Å². The zero-order valence-electron chi connectivity index (χ0n) is 18.1. The molecule has 1 saturated heterocycles. The standard InChI is InChI=1S/C21H32N4O3S2/c1-4-16-15-28-21(19-12-18(5-2)29-20(16)19)6-8-24(9-7-21)13-17-14-25(23-22-17)10-11-30(3,26)27/h12,14,16H,4-11,13,15H2,1-3H3. The fourth-order valence-corrected chi connectivity index (χ4v) is 6.38. The van der Waals surface area contributed by atoms with Gasteiger partial charge in [-0.15, -0.1) is 16.4 Å². The SMILES string of the molecule is CCc1cc2c(s1)C(CC)COC21CCN(Cc2cn(CCS(C)(=O)=O)nn2)CC1. The van der Waals surface area contributed by atoms with E-state index in [0.29, 0.717) is 12.5 Å². The summed E-state index contributed by atoms with van der Waals surface area (Å²) in [6.07, 6.45) is 7.33. The highest BCUT2D eigenvalue weighted by Gasteiger charge is 2.44. The molecule has 1 fully saturated rings. The lowest BCUT2D eigenvalue weighted by molar-refractivity contribution is -0.106. The number of sulfone groups is 1. The van der Waals surface area contributed by atoms with Gasteiger partial charge in [0.2, 0.25) is 0 Å². The molecule has 4 rings (SSSR count). The number of hydrogen-bond acceptors (Lipinski definition) is 7. The van der Waals surface area contributed by atoms with Crippen LogP contribution in [0.2, 0.25) is 0 Å². The molecule has 1 spiro atoms. The second-order valence-electron chi connectivity index (χ2n) is 8.63. The lowest BCUT2D eigenvalue weighted by Gasteiger charge is -2.45. The molecule has 2 aliphatic rings. The zero-order valence-corrected chi connectivity index (χ0v) is 19.8. The van der Waals surface area contributed by atoms with Gasteiger partial charge in [-0.2, -0.15) is 0 Å². The quantitative estimate of drug-likeness (QED) is 0.643. The maximum atomic E-state index is 11.3. The van der Waals surface area contributed by atoms with Crippen LogP contribution in [0.25, 0.3) is 0 Å². The van der Waals surface area contributed by atoms with Crippen molar-refractivity contribution in [2.75, 3.05) is 31.7 Å². The molecule has 2 aromatic heterocycles. The van der Waals surface area contributed by atoms with Crippen molar-refractivity contribution >= 4 is 21.2 Å². The molecule has 0 saturated carbocycles. The summed E-state index contributed by atoms with van der Waals surface area (Å²) in [5, 5.41) is 8.31. The van der Waals surface area contributed by atoms with Gasteiger partial charge in [-0.3, -0.25) is 9.58 Å². The Bertz CT molecular complexity index is 974. The first-order valence-corrected chi connectivity index (χ1v) is 13.8. The first-order valence-electron chi connectivity index (χ1n) is 10.9. The van der Waals surface area contributed by atoms with Gasteiger partial charge in [-0.1, -0.05) is 19.1 Å². The summed E-state index contributed by atoms with van der Waals surface area (Å²) < 4.78 is 30.9. The van der Waals surface area contributed by atoms with Crippen LogP contribution in [0.15, 0.2) is 12.3 Å². The number of hydrogen-bond donors (Lipinski definition) is 0. The van der Waals surface area contributed by atoms with Gasteiger partial charge in [0.05, 0.1) is 30.2 Å². The third-order valence-electron chi connectivity index (χ3n) is 6.40. The Kier molecular flexibility index (Phi) is 6.35. The van der Waals surface area contributed by atoms with Crippen LogP contribution in [0.5, 0.6) is 0 Å². The number of likely N-dealkylation sites (tertiary alicyclic amines) is 1. The monoisotopic (exact) mass is 452 g/mol. The van der Waals surface area contributed by atoms with Crippen LogP contribution in [0.1, 0.15) is 60.0 Å². The fraction of sp³-hybridized carbons (Fsp3) is 0.714. The van der Waals surface area contributed by atoms with Crippen molar-refractivity contribution in [1.29, 1.82) is 0 Å². The van der Waals surface area contributed by atoms with Crippen molar-refractivity contribution < 1.29 is 13.2 Å². The van der Waals surface area contributed by atoms with Gasteiger partial charge in [-0.05, 0) is 37.3 Å². The zero-order chi connectivity index (χ0) is 21.4. The van der Waals surface area contributed by atoms with Crippen LogP contribution in [0.4, 0.5) is 0 Å². The largest absolute Gasteiger partial charge is 0.369 e. The smallest absolute Gasteiger partial charge is 0.149 e. The molecule has 9 heteroatoms. The highest BCUT2D eigenvalue weighted by atomic mass is 32.2. The first-order chi connectivity index (χ1) is 14.3. The van der Waals surface area contributed by atoms with E-state index in [0.717, 1.165) is 57.6 Å². The van der Waals surface area contributed by atoms with Crippen LogP contribution in [0, 0.1) is 0 Å². The third kappa shape index (κ3) is 4.64. The van der Waals surface area contributed by atoms with Crippen LogP contribution in [-0.2, 0) is 39.7 Å². The van der Waals surface area contributed by atoms with E-state index >= 15 is 0 Å². The van der Waals surface area contributed by atoms with E-state index in [2.05, 4.69) is 35.1 Å². The van der Waals surface area contributed by atoms with Gasteiger partial charge in [0.1, 0.15) is 9.84 Å². The topological polar surface area (TPSA) is 77.3 Å². The number of rotatable bonds is 7. The summed E-state index contributed by atoms with van der Waals surface area (Å²) in [4.78, 5) is 5.43. The second-order valence-corrected chi connectivity index (χ2v) is 12.1. The highest BCUT2D eigenvalue weighted by Crippen LogP contribution is 2.49. The Morgan fingerprint density at radius 1 is 1.30 bits per heavy atom. The summed E-state index contributed by atoms with van der Waals surface area (Å²) in [5.74, 6) is 0.622. The van der Waals surface area contributed by atoms with Crippen LogP contribution >= 0.6 is 11.3 Å². The summed E-state index contributed by atoms with van der Waals surface area (Å²) in [6.45, 7) is 8.34. The molecule has 7 nitrogen and oxygen atoms in total. The Labute approximate surface area is 183 Å². The molecule has 0 aliphatic carbocycles. The van der Waals surface area contributed by atoms with Crippen molar-refractivity contribution in [2.45, 2.75) is 64.1 Å². The van der Waals surface area contributed by atoms with E-state index < -0.39 is 9.84 Å². The Hall–Kier alpha value is -1.29. The number of piperidine rings is 1. The van der Waals surface area contributed by atoms with E-state index in [1.165, 1.54) is 16.7 Å². The van der Waals surface area contributed by atoms with Gasteiger partial charge >= 0.3 is 0 Å². The minimum atomic E-state index is -3.00. The van der Waals surface area contributed by atoms with E-state index in [9.17, 15) is 8.42 Å². The number of aromatic nitrogens is 3. The number of aryl methyl sites for hydroxylation is 2. The number of ether oxygens (including phenoxy) is 1. The molecular weight excluding hydrogens is 420 g/mol. The van der Waals surface area contributed by atoms with Gasteiger partial charge in [0, 0.05) is 47.8 Å². The maximum Gasteiger partial charge on any atom is 0.149 e.